The quantitative estimate of drug-likeness (QED) is 0.803. The third-order valence-corrected chi connectivity index (χ3v) is 4.36. The van der Waals surface area contributed by atoms with Crippen LogP contribution in [0.5, 0.6) is 0 Å². The Hall–Kier alpha value is -1.44. The molecule has 0 aromatic heterocycles. The Morgan fingerprint density at radius 2 is 2.25 bits per heavy atom. The van der Waals surface area contributed by atoms with Crippen LogP contribution in [-0.2, 0) is 0 Å². The predicted molar refractivity (Wildman–Crippen MR) is 85.0 cm³/mol. The summed E-state index contributed by atoms with van der Waals surface area (Å²) in [7, 11) is 0. The van der Waals surface area contributed by atoms with Gasteiger partial charge in [-0.2, -0.15) is 11.8 Å². The minimum Gasteiger partial charge on any atom is -0.338 e. The van der Waals surface area contributed by atoms with E-state index in [2.05, 4.69) is 11.8 Å². The van der Waals surface area contributed by atoms with Crippen LogP contribution in [0, 0.1) is 18.8 Å². The average molecular weight is 288 g/mol. The molecule has 0 spiro atoms. The van der Waals surface area contributed by atoms with E-state index in [-0.39, 0.29) is 5.91 Å². The molecule has 0 saturated carbocycles. The molecule has 3 nitrogen and oxygen atoms in total. The van der Waals surface area contributed by atoms with E-state index in [1.807, 2.05) is 41.8 Å². The van der Waals surface area contributed by atoms with Crippen LogP contribution in [0.3, 0.4) is 0 Å². The third-order valence-electron chi connectivity index (χ3n) is 3.31. The largest absolute Gasteiger partial charge is 0.338 e. The lowest BCUT2D eigenvalue weighted by atomic mass is 10.0. The van der Waals surface area contributed by atoms with Gasteiger partial charge < -0.3 is 10.6 Å². The first kappa shape index (κ1) is 15.0. The molecule has 2 rings (SSSR count). The molecule has 1 saturated heterocycles. The molecule has 1 fully saturated rings. The second-order valence-corrected chi connectivity index (χ2v) is 6.02. The minimum atomic E-state index is 0.133. The van der Waals surface area contributed by atoms with Crippen molar-refractivity contribution in [3.8, 4) is 11.8 Å². The molecule has 1 amide bonds. The van der Waals surface area contributed by atoms with Crippen LogP contribution in [0.25, 0.3) is 0 Å². The lowest BCUT2D eigenvalue weighted by Crippen LogP contribution is -2.32. The molecule has 1 heterocycles. The van der Waals surface area contributed by atoms with Crippen LogP contribution in [0.4, 0.5) is 0 Å². The van der Waals surface area contributed by atoms with Crippen molar-refractivity contribution in [2.24, 2.45) is 5.73 Å². The second-order valence-electron chi connectivity index (χ2n) is 4.79. The second kappa shape index (κ2) is 7.37. The molecule has 0 aliphatic carbocycles. The Labute approximate surface area is 124 Å². The summed E-state index contributed by atoms with van der Waals surface area (Å²) in [6.45, 7) is 4.04. The summed E-state index contributed by atoms with van der Waals surface area (Å²) in [6, 6.07) is 5.71. The monoisotopic (exact) mass is 288 g/mol. The third kappa shape index (κ3) is 3.78. The van der Waals surface area contributed by atoms with Gasteiger partial charge >= 0.3 is 0 Å². The van der Waals surface area contributed by atoms with Crippen molar-refractivity contribution in [2.45, 2.75) is 13.3 Å². The first-order valence-corrected chi connectivity index (χ1v) is 8.04. The summed E-state index contributed by atoms with van der Waals surface area (Å²) in [5.74, 6) is 8.19. The van der Waals surface area contributed by atoms with Crippen molar-refractivity contribution in [3.05, 3.63) is 34.9 Å². The van der Waals surface area contributed by atoms with Gasteiger partial charge in [-0.05, 0) is 42.9 Å². The molecular weight excluding hydrogens is 268 g/mol. The Kier molecular flexibility index (Phi) is 5.51. The van der Waals surface area contributed by atoms with E-state index in [0.717, 1.165) is 47.7 Å². The van der Waals surface area contributed by atoms with Gasteiger partial charge in [0.05, 0.1) is 6.54 Å². The number of benzene rings is 1. The fourth-order valence-electron chi connectivity index (χ4n) is 2.21. The Balaban J connectivity index is 2.15. The molecule has 20 heavy (non-hydrogen) atoms. The maximum atomic E-state index is 12.5. The smallest absolute Gasteiger partial charge is 0.253 e. The van der Waals surface area contributed by atoms with Crippen molar-refractivity contribution in [1.29, 1.82) is 0 Å². The van der Waals surface area contributed by atoms with Crippen molar-refractivity contribution in [2.75, 3.05) is 31.1 Å². The van der Waals surface area contributed by atoms with E-state index < -0.39 is 0 Å². The van der Waals surface area contributed by atoms with Crippen LogP contribution in [-0.4, -0.2) is 41.9 Å². The maximum Gasteiger partial charge on any atom is 0.253 e. The van der Waals surface area contributed by atoms with Crippen LogP contribution in [0.2, 0.25) is 0 Å². The summed E-state index contributed by atoms with van der Waals surface area (Å²) in [6.07, 6.45) is 1.08. The highest BCUT2D eigenvalue weighted by Crippen LogP contribution is 2.16. The molecule has 0 unspecified atom stereocenters. The molecule has 106 valence electrons. The lowest BCUT2D eigenvalue weighted by Gasteiger charge is -2.20. The van der Waals surface area contributed by atoms with Crippen molar-refractivity contribution in [3.63, 3.8) is 0 Å². The lowest BCUT2D eigenvalue weighted by molar-refractivity contribution is 0.0768. The highest BCUT2D eigenvalue weighted by atomic mass is 32.2. The number of thioether (sulfide) groups is 1. The van der Waals surface area contributed by atoms with E-state index >= 15 is 0 Å². The van der Waals surface area contributed by atoms with E-state index in [0.29, 0.717) is 6.54 Å². The predicted octanol–water partition coefficient (Wildman–Crippen LogP) is 1.88. The number of rotatable bonds is 1. The first-order valence-electron chi connectivity index (χ1n) is 6.89. The van der Waals surface area contributed by atoms with Crippen LogP contribution in [0.1, 0.15) is 27.9 Å². The van der Waals surface area contributed by atoms with Gasteiger partial charge in [0.25, 0.3) is 5.91 Å². The summed E-state index contributed by atoms with van der Waals surface area (Å²) >= 11 is 1.92. The van der Waals surface area contributed by atoms with Gasteiger partial charge in [0, 0.05) is 30.0 Å². The van der Waals surface area contributed by atoms with Gasteiger partial charge in [0.15, 0.2) is 0 Å². The number of hydrogen-bond donors (Lipinski definition) is 1. The zero-order valence-corrected chi connectivity index (χ0v) is 12.6. The number of hydrogen-bond acceptors (Lipinski definition) is 3. The van der Waals surface area contributed by atoms with E-state index in [4.69, 9.17) is 5.73 Å². The number of nitrogens with zero attached hydrogens (tertiary/aromatic N) is 1. The van der Waals surface area contributed by atoms with Gasteiger partial charge in [-0.25, -0.2) is 0 Å². The van der Waals surface area contributed by atoms with Crippen molar-refractivity contribution < 1.29 is 4.79 Å². The van der Waals surface area contributed by atoms with Crippen LogP contribution in [0.15, 0.2) is 18.2 Å². The summed E-state index contributed by atoms with van der Waals surface area (Å²) in [4.78, 5) is 14.4. The normalized spacial score (nSPS) is 15.2. The highest BCUT2D eigenvalue weighted by molar-refractivity contribution is 7.99. The molecular formula is C16H20N2OS. The van der Waals surface area contributed by atoms with Gasteiger partial charge in [0.1, 0.15) is 0 Å². The van der Waals surface area contributed by atoms with Gasteiger partial charge in [-0.15, -0.1) is 0 Å². The van der Waals surface area contributed by atoms with Crippen LogP contribution >= 0.6 is 11.8 Å². The molecule has 1 aliphatic rings. The fraction of sp³-hybridized carbons (Fsp3) is 0.438. The standard InChI is InChI=1S/C16H20N2OS/c1-13-12-15(6-5-14(13)4-2-7-17)16(19)18-8-3-10-20-11-9-18/h5-6,12H,3,7-11,17H2,1H3. The summed E-state index contributed by atoms with van der Waals surface area (Å²) in [5.41, 5.74) is 8.11. The Morgan fingerprint density at radius 1 is 1.40 bits per heavy atom. The number of aryl methyl sites for hydroxylation is 1. The van der Waals surface area contributed by atoms with Gasteiger partial charge in [0.2, 0.25) is 0 Å². The molecule has 2 N–H and O–H groups in total. The van der Waals surface area contributed by atoms with Gasteiger partial charge in [-0.3, -0.25) is 4.79 Å². The zero-order chi connectivity index (χ0) is 14.4. The molecule has 1 aromatic carbocycles. The molecule has 0 atom stereocenters. The minimum absolute atomic E-state index is 0.133. The Bertz CT molecular complexity index is 537. The average Bonchev–Trinajstić information content (AvgIpc) is 2.74. The van der Waals surface area contributed by atoms with Crippen molar-refractivity contribution in [1.82, 2.24) is 4.90 Å². The molecule has 1 aromatic rings. The molecule has 0 bridgehead atoms. The maximum absolute atomic E-state index is 12.5. The van der Waals surface area contributed by atoms with E-state index in [1.165, 1.54) is 0 Å². The molecule has 4 heteroatoms. The first-order chi connectivity index (χ1) is 9.72. The summed E-state index contributed by atoms with van der Waals surface area (Å²) < 4.78 is 0. The number of carbonyl (C=O) groups excluding carboxylic acids is 1. The Morgan fingerprint density at radius 3 is 3.00 bits per heavy atom. The van der Waals surface area contributed by atoms with Crippen LogP contribution < -0.4 is 5.73 Å². The van der Waals surface area contributed by atoms with Crippen molar-refractivity contribution >= 4 is 17.7 Å². The summed E-state index contributed by atoms with van der Waals surface area (Å²) in [5, 5.41) is 0. The SMILES string of the molecule is Cc1cc(C(=O)N2CCCSCC2)ccc1C#CCN. The molecule has 1 aliphatic heterocycles. The van der Waals surface area contributed by atoms with E-state index in [1.54, 1.807) is 0 Å². The fourth-order valence-corrected chi connectivity index (χ4v) is 3.10. The molecule has 0 radical (unpaired) electrons. The highest BCUT2D eigenvalue weighted by Gasteiger charge is 2.17. The van der Waals surface area contributed by atoms with E-state index in [9.17, 15) is 4.79 Å². The number of carbonyl (C=O) groups is 1. The number of nitrogens with two attached hydrogens (primary N) is 1. The zero-order valence-electron chi connectivity index (χ0n) is 11.8. The number of amides is 1. The van der Waals surface area contributed by atoms with Gasteiger partial charge in [-0.1, -0.05) is 11.8 Å². The topological polar surface area (TPSA) is 46.3 Å².